The van der Waals surface area contributed by atoms with Crippen molar-refractivity contribution in [3.05, 3.63) is 0 Å². The summed E-state index contributed by atoms with van der Waals surface area (Å²) in [5.41, 5.74) is 0. The van der Waals surface area contributed by atoms with Crippen LogP contribution in [0.5, 0.6) is 0 Å². The van der Waals surface area contributed by atoms with Crippen LogP contribution in [0.15, 0.2) is 0 Å². The van der Waals surface area contributed by atoms with E-state index in [0.717, 1.165) is 56.3 Å². The monoisotopic (exact) mass is 250 g/mol. The standard InChI is InChI=1S/C12H28NO4/c14-9-1-5-13(6-2-10-15,7-3-11-16)8-4-12-17/h14-17H,1-12H2/q+1. The zero-order valence-electron chi connectivity index (χ0n) is 10.7. The third-order valence-electron chi connectivity index (χ3n) is 3.16. The first-order valence-corrected chi connectivity index (χ1v) is 6.53. The molecule has 0 spiro atoms. The van der Waals surface area contributed by atoms with Gasteiger partial charge in [-0.1, -0.05) is 0 Å². The van der Waals surface area contributed by atoms with Crippen molar-refractivity contribution < 1.29 is 24.9 Å². The van der Waals surface area contributed by atoms with Crippen LogP contribution in [0.1, 0.15) is 25.7 Å². The van der Waals surface area contributed by atoms with Crippen molar-refractivity contribution in [2.24, 2.45) is 0 Å². The molecule has 0 aliphatic rings. The molecule has 0 unspecified atom stereocenters. The van der Waals surface area contributed by atoms with E-state index in [2.05, 4.69) is 0 Å². The lowest BCUT2D eigenvalue weighted by molar-refractivity contribution is -0.929. The summed E-state index contributed by atoms with van der Waals surface area (Å²) in [5.74, 6) is 0. The minimum atomic E-state index is 0.164. The van der Waals surface area contributed by atoms with Crippen LogP contribution in [0, 0.1) is 0 Å². The zero-order chi connectivity index (χ0) is 13.0. The summed E-state index contributed by atoms with van der Waals surface area (Å²) < 4.78 is 0.780. The summed E-state index contributed by atoms with van der Waals surface area (Å²) in [6, 6.07) is 0. The highest BCUT2D eigenvalue weighted by molar-refractivity contribution is 4.49. The Hall–Kier alpha value is -0.200. The van der Waals surface area contributed by atoms with E-state index in [1.165, 1.54) is 0 Å². The summed E-state index contributed by atoms with van der Waals surface area (Å²) in [7, 11) is 0. The number of hydrogen-bond donors (Lipinski definition) is 4. The predicted octanol–water partition coefficient (Wildman–Crippen LogP) is -0.667. The van der Waals surface area contributed by atoms with Gasteiger partial charge in [-0.05, 0) is 0 Å². The molecule has 0 saturated heterocycles. The van der Waals surface area contributed by atoms with E-state index in [4.69, 9.17) is 20.4 Å². The van der Waals surface area contributed by atoms with Crippen molar-refractivity contribution in [2.45, 2.75) is 25.7 Å². The van der Waals surface area contributed by atoms with E-state index in [0.29, 0.717) is 0 Å². The number of nitrogens with zero attached hydrogens (tertiary/aromatic N) is 1. The largest absolute Gasteiger partial charge is 0.396 e. The first-order valence-electron chi connectivity index (χ1n) is 6.53. The molecule has 17 heavy (non-hydrogen) atoms. The highest BCUT2D eigenvalue weighted by Crippen LogP contribution is 2.12. The third kappa shape index (κ3) is 7.68. The maximum atomic E-state index is 8.95. The van der Waals surface area contributed by atoms with Crippen molar-refractivity contribution in [1.29, 1.82) is 0 Å². The van der Waals surface area contributed by atoms with E-state index in [1.54, 1.807) is 0 Å². The average Bonchev–Trinajstić information content (AvgIpc) is 2.37. The second-order valence-corrected chi connectivity index (χ2v) is 4.54. The Morgan fingerprint density at radius 3 is 0.882 bits per heavy atom. The average molecular weight is 250 g/mol. The maximum Gasteiger partial charge on any atom is 0.0808 e. The SMILES string of the molecule is OCCC[N+](CCCO)(CCCO)CCCO. The fraction of sp³-hybridized carbons (Fsp3) is 1.00. The van der Waals surface area contributed by atoms with Crippen LogP contribution in [-0.2, 0) is 0 Å². The quantitative estimate of drug-likeness (QED) is 0.346. The van der Waals surface area contributed by atoms with Crippen LogP contribution in [0.25, 0.3) is 0 Å². The molecule has 0 aromatic carbocycles. The van der Waals surface area contributed by atoms with Crippen LogP contribution in [-0.4, -0.2) is 77.5 Å². The summed E-state index contributed by atoms with van der Waals surface area (Å²) in [6.45, 7) is 4.03. The number of rotatable bonds is 12. The van der Waals surface area contributed by atoms with Crippen molar-refractivity contribution in [1.82, 2.24) is 0 Å². The second-order valence-electron chi connectivity index (χ2n) is 4.54. The van der Waals surface area contributed by atoms with Gasteiger partial charge < -0.3 is 24.9 Å². The number of quaternary nitrogens is 1. The smallest absolute Gasteiger partial charge is 0.0808 e. The Kier molecular flexibility index (Phi) is 10.8. The molecule has 0 saturated carbocycles. The fourth-order valence-electron chi connectivity index (χ4n) is 2.30. The predicted molar refractivity (Wildman–Crippen MR) is 66.5 cm³/mol. The van der Waals surface area contributed by atoms with Gasteiger partial charge in [0.25, 0.3) is 0 Å². The Labute approximate surface area is 104 Å². The van der Waals surface area contributed by atoms with Crippen LogP contribution in [0.3, 0.4) is 0 Å². The number of hydrogen-bond acceptors (Lipinski definition) is 4. The minimum absolute atomic E-state index is 0.164. The van der Waals surface area contributed by atoms with E-state index in [1.807, 2.05) is 0 Å². The molecule has 0 bridgehead atoms. The highest BCUT2D eigenvalue weighted by Gasteiger charge is 2.25. The summed E-state index contributed by atoms with van der Waals surface area (Å²) in [5, 5.41) is 35.8. The Morgan fingerprint density at radius 2 is 0.706 bits per heavy atom. The van der Waals surface area contributed by atoms with Crippen molar-refractivity contribution in [3.63, 3.8) is 0 Å². The molecular formula is C12H28NO4+. The van der Waals surface area contributed by atoms with Crippen molar-refractivity contribution in [3.8, 4) is 0 Å². The van der Waals surface area contributed by atoms with Gasteiger partial charge in [-0.2, -0.15) is 0 Å². The van der Waals surface area contributed by atoms with Gasteiger partial charge in [-0.15, -0.1) is 0 Å². The van der Waals surface area contributed by atoms with E-state index >= 15 is 0 Å². The lowest BCUT2D eigenvalue weighted by atomic mass is 10.2. The summed E-state index contributed by atoms with van der Waals surface area (Å²) in [4.78, 5) is 0. The first kappa shape index (κ1) is 16.8. The van der Waals surface area contributed by atoms with Crippen LogP contribution in [0.2, 0.25) is 0 Å². The van der Waals surface area contributed by atoms with E-state index in [-0.39, 0.29) is 26.4 Å². The second kappa shape index (κ2) is 10.9. The van der Waals surface area contributed by atoms with E-state index < -0.39 is 0 Å². The first-order chi connectivity index (χ1) is 8.24. The van der Waals surface area contributed by atoms with Gasteiger partial charge >= 0.3 is 0 Å². The lowest BCUT2D eigenvalue weighted by Crippen LogP contribution is -2.51. The maximum absolute atomic E-state index is 8.95. The molecule has 0 radical (unpaired) electrons. The van der Waals surface area contributed by atoms with Crippen molar-refractivity contribution >= 4 is 0 Å². The molecule has 0 rings (SSSR count). The molecule has 4 N–H and O–H groups in total. The Bertz CT molecular complexity index is 129. The summed E-state index contributed by atoms with van der Waals surface area (Å²) in [6.07, 6.45) is 2.90. The Balaban J connectivity index is 4.39. The molecule has 0 amide bonds. The fourth-order valence-corrected chi connectivity index (χ4v) is 2.30. The third-order valence-corrected chi connectivity index (χ3v) is 3.16. The molecular weight excluding hydrogens is 222 g/mol. The molecule has 0 atom stereocenters. The van der Waals surface area contributed by atoms with Gasteiger partial charge in [0.05, 0.1) is 26.2 Å². The van der Waals surface area contributed by atoms with E-state index in [9.17, 15) is 0 Å². The van der Waals surface area contributed by atoms with Gasteiger partial charge in [0.1, 0.15) is 0 Å². The molecule has 0 fully saturated rings. The molecule has 0 aliphatic heterocycles. The molecule has 0 aliphatic carbocycles. The molecule has 5 heteroatoms. The molecule has 104 valence electrons. The van der Waals surface area contributed by atoms with Crippen LogP contribution < -0.4 is 0 Å². The summed E-state index contributed by atoms with van der Waals surface area (Å²) >= 11 is 0. The molecule has 5 nitrogen and oxygen atoms in total. The number of aliphatic hydroxyl groups is 4. The van der Waals surface area contributed by atoms with Crippen molar-refractivity contribution in [2.75, 3.05) is 52.6 Å². The molecule has 0 heterocycles. The number of aliphatic hydroxyl groups excluding tert-OH is 4. The van der Waals surface area contributed by atoms with Crippen LogP contribution >= 0.6 is 0 Å². The van der Waals surface area contributed by atoms with Gasteiger partial charge in [0, 0.05) is 52.1 Å². The van der Waals surface area contributed by atoms with Gasteiger partial charge in [0.15, 0.2) is 0 Å². The van der Waals surface area contributed by atoms with Gasteiger partial charge in [-0.25, -0.2) is 0 Å². The zero-order valence-corrected chi connectivity index (χ0v) is 10.7. The normalized spacial score (nSPS) is 12.0. The van der Waals surface area contributed by atoms with Gasteiger partial charge in [0.2, 0.25) is 0 Å². The molecule has 0 aromatic rings. The van der Waals surface area contributed by atoms with Gasteiger partial charge in [-0.3, -0.25) is 0 Å². The molecule has 0 aromatic heterocycles. The highest BCUT2D eigenvalue weighted by atomic mass is 16.3. The topological polar surface area (TPSA) is 80.9 Å². The Morgan fingerprint density at radius 1 is 0.471 bits per heavy atom. The lowest BCUT2D eigenvalue weighted by Gasteiger charge is -2.39. The minimum Gasteiger partial charge on any atom is -0.396 e. The van der Waals surface area contributed by atoms with Crippen LogP contribution in [0.4, 0.5) is 0 Å².